The Morgan fingerprint density at radius 1 is 1.35 bits per heavy atom. The van der Waals surface area contributed by atoms with E-state index >= 15 is 0 Å². The number of nitrogens with zero attached hydrogens (tertiary/aromatic N) is 1. The minimum absolute atomic E-state index is 0.403. The summed E-state index contributed by atoms with van der Waals surface area (Å²) >= 11 is 0. The van der Waals surface area contributed by atoms with Gasteiger partial charge in [0.15, 0.2) is 12.0 Å². The Hall–Kier alpha value is -1.90. The van der Waals surface area contributed by atoms with E-state index in [4.69, 9.17) is 4.52 Å². The van der Waals surface area contributed by atoms with Crippen molar-refractivity contribution < 1.29 is 9.32 Å². The minimum Gasteiger partial charge on any atom is -0.360 e. The van der Waals surface area contributed by atoms with Gasteiger partial charge in [-0.15, -0.1) is 0 Å². The third kappa shape index (κ3) is 1.68. The molecule has 0 radical (unpaired) electrons. The zero-order valence-corrected chi connectivity index (χ0v) is 9.64. The van der Waals surface area contributed by atoms with Crippen LogP contribution in [0, 0.1) is 6.92 Å². The molecule has 0 spiro atoms. The lowest BCUT2D eigenvalue weighted by Gasteiger charge is -2.01. The number of aryl methyl sites for hydroxylation is 1. The fraction of sp³-hybridized carbons (Fsp3) is 0.286. The molecule has 0 amide bonds. The molecule has 1 heterocycles. The van der Waals surface area contributed by atoms with Crippen molar-refractivity contribution in [1.82, 2.24) is 5.16 Å². The second kappa shape index (κ2) is 3.84. The topological polar surface area (TPSA) is 43.1 Å². The van der Waals surface area contributed by atoms with Crippen LogP contribution in [0.4, 0.5) is 0 Å². The van der Waals surface area contributed by atoms with Crippen molar-refractivity contribution in [2.45, 2.75) is 25.7 Å². The summed E-state index contributed by atoms with van der Waals surface area (Å²) in [6, 6.07) is 7.90. The van der Waals surface area contributed by atoms with Crippen molar-refractivity contribution in [3.63, 3.8) is 0 Å². The largest absolute Gasteiger partial charge is 0.360 e. The quantitative estimate of drug-likeness (QED) is 0.755. The highest BCUT2D eigenvalue weighted by Crippen LogP contribution is 2.43. The lowest BCUT2D eigenvalue weighted by atomic mass is 10.0. The zero-order chi connectivity index (χ0) is 11.8. The Morgan fingerprint density at radius 3 is 2.76 bits per heavy atom. The van der Waals surface area contributed by atoms with Crippen molar-refractivity contribution in [1.29, 1.82) is 0 Å². The molecule has 3 heteroatoms. The number of carbonyl (C=O) groups is 1. The summed E-state index contributed by atoms with van der Waals surface area (Å²) in [6.45, 7) is 2.01. The van der Waals surface area contributed by atoms with Crippen LogP contribution >= 0.6 is 0 Å². The second-order valence-corrected chi connectivity index (χ2v) is 4.52. The van der Waals surface area contributed by atoms with Gasteiger partial charge < -0.3 is 4.52 Å². The van der Waals surface area contributed by atoms with Crippen molar-refractivity contribution in [3.8, 4) is 11.3 Å². The number of aldehydes is 1. The molecule has 1 saturated carbocycles. The predicted octanol–water partition coefficient (Wildman–Crippen LogP) is 3.34. The monoisotopic (exact) mass is 227 g/mol. The number of hydrogen-bond donors (Lipinski definition) is 0. The molecular weight excluding hydrogens is 214 g/mol. The third-order valence-corrected chi connectivity index (χ3v) is 3.22. The Labute approximate surface area is 99.4 Å². The summed E-state index contributed by atoms with van der Waals surface area (Å²) in [5, 5.41) is 4.07. The third-order valence-electron chi connectivity index (χ3n) is 3.22. The Kier molecular flexibility index (Phi) is 2.32. The summed E-state index contributed by atoms with van der Waals surface area (Å²) in [5.41, 5.74) is 3.39. The highest BCUT2D eigenvalue weighted by Gasteiger charge is 2.32. The highest BCUT2D eigenvalue weighted by molar-refractivity contribution is 5.87. The fourth-order valence-electron chi connectivity index (χ4n) is 2.10. The van der Waals surface area contributed by atoms with E-state index in [1.54, 1.807) is 0 Å². The van der Waals surface area contributed by atoms with Gasteiger partial charge in [0.2, 0.25) is 0 Å². The summed E-state index contributed by atoms with van der Waals surface area (Å²) in [7, 11) is 0. The molecule has 0 aliphatic heterocycles. The van der Waals surface area contributed by atoms with Crippen molar-refractivity contribution in [3.05, 3.63) is 41.2 Å². The van der Waals surface area contributed by atoms with E-state index in [0.717, 1.165) is 36.0 Å². The SMILES string of the molecule is Cc1ccccc1-c1noc(C2CC2)c1C=O. The van der Waals surface area contributed by atoms with Gasteiger partial charge in [-0.3, -0.25) is 4.79 Å². The second-order valence-electron chi connectivity index (χ2n) is 4.52. The van der Waals surface area contributed by atoms with Crippen molar-refractivity contribution in [2.75, 3.05) is 0 Å². The first-order valence-electron chi connectivity index (χ1n) is 5.82. The van der Waals surface area contributed by atoms with Gasteiger partial charge >= 0.3 is 0 Å². The average molecular weight is 227 g/mol. The highest BCUT2D eigenvalue weighted by atomic mass is 16.5. The molecule has 1 aromatic carbocycles. The molecule has 1 aliphatic carbocycles. The van der Waals surface area contributed by atoms with E-state index in [9.17, 15) is 4.79 Å². The lowest BCUT2D eigenvalue weighted by Crippen LogP contribution is -1.90. The first-order chi connectivity index (χ1) is 8.31. The van der Waals surface area contributed by atoms with Gasteiger partial charge in [-0.2, -0.15) is 0 Å². The summed E-state index contributed by atoms with van der Waals surface area (Å²) < 4.78 is 5.34. The molecule has 1 aliphatic rings. The summed E-state index contributed by atoms with van der Waals surface area (Å²) in [6.07, 6.45) is 3.07. The number of carbonyl (C=O) groups excluding carboxylic acids is 1. The van der Waals surface area contributed by atoms with Crippen LogP contribution < -0.4 is 0 Å². The smallest absolute Gasteiger partial charge is 0.155 e. The molecule has 0 bridgehead atoms. The number of hydrogen-bond acceptors (Lipinski definition) is 3. The van der Waals surface area contributed by atoms with E-state index in [-0.39, 0.29) is 0 Å². The Morgan fingerprint density at radius 2 is 2.12 bits per heavy atom. The molecule has 0 N–H and O–H groups in total. The Balaban J connectivity index is 2.14. The summed E-state index contributed by atoms with van der Waals surface area (Å²) in [4.78, 5) is 11.2. The van der Waals surface area contributed by atoms with E-state index in [2.05, 4.69) is 5.16 Å². The predicted molar refractivity (Wildman–Crippen MR) is 64.0 cm³/mol. The van der Waals surface area contributed by atoms with E-state index in [1.807, 2.05) is 31.2 Å². The zero-order valence-electron chi connectivity index (χ0n) is 9.64. The molecule has 0 unspecified atom stereocenters. The van der Waals surface area contributed by atoms with Gasteiger partial charge in [0.1, 0.15) is 5.69 Å². The maximum atomic E-state index is 11.2. The molecule has 0 saturated heterocycles. The molecule has 86 valence electrons. The minimum atomic E-state index is 0.403. The Bertz CT molecular complexity index is 567. The molecular formula is C14H13NO2. The van der Waals surface area contributed by atoms with Crippen LogP contribution in [0.1, 0.15) is 40.4 Å². The van der Waals surface area contributed by atoms with Crippen LogP contribution in [-0.4, -0.2) is 11.4 Å². The first kappa shape index (κ1) is 10.3. The van der Waals surface area contributed by atoms with Gasteiger partial charge in [0, 0.05) is 11.5 Å². The van der Waals surface area contributed by atoms with E-state index in [0.29, 0.717) is 17.2 Å². The first-order valence-corrected chi connectivity index (χ1v) is 5.82. The van der Waals surface area contributed by atoms with Gasteiger partial charge in [0.25, 0.3) is 0 Å². The molecule has 0 atom stereocenters. The van der Waals surface area contributed by atoms with Gasteiger partial charge in [-0.25, -0.2) is 0 Å². The fourth-order valence-corrected chi connectivity index (χ4v) is 2.10. The molecule has 1 aromatic heterocycles. The van der Waals surface area contributed by atoms with Gasteiger partial charge in [-0.05, 0) is 25.3 Å². The van der Waals surface area contributed by atoms with Crippen molar-refractivity contribution in [2.24, 2.45) is 0 Å². The number of aromatic nitrogens is 1. The maximum absolute atomic E-state index is 11.2. The van der Waals surface area contributed by atoms with Gasteiger partial charge in [0.05, 0.1) is 5.56 Å². The summed E-state index contributed by atoms with van der Waals surface area (Å²) in [5.74, 6) is 1.17. The standard InChI is InChI=1S/C14H13NO2/c1-9-4-2-3-5-11(9)13-12(8-16)14(17-15-13)10-6-7-10/h2-5,8,10H,6-7H2,1H3. The number of benzene rings is 1. The van der Waals surface area contributed by atoms with Crippen LogP contribution in [0.5, 0.6) is 0 Å². The van der Waals surface area contributed by atoms with Crippen LogP contribution in [0.3, 0.4) is 0 Å². The van der Waals surface area contributed by atoms with E-state index < -0.39 is 0 Å². The molecule has 1 fully saturated rings. The molecule has 17 heavy (non-hydrogen) atoms. The molecule has 3 nitrogen and oxygen atoms in total. The van der Waals surface area contributed by atoms with Crippen LogP contribution in [-0.2, 0) is 0 Å². The van der Waals surface area contributed by atoms with E-state index in [1.165, 1.54) is 0 Å². The van der Waals surface area contributed by atoms with Crippen LogP contribution in [0.15, 0.2) is 28.8 Å². The molecule has 2 aromatic rings. The van der Waals surface area contributed by atoms with Crippen molar-refractivity contribution >= 4 is 6.29 Å². The number of rotatable bonds is 3. The van der Waals surface area contributed by atoms with Crippen LogP contribution in [0.2, 0.25) is 0 Å². The average Bonchev–Trinajstić information content (AvgIpc) is 3.10. The normalized spacial score (nSPS) is 14.9. The van der Waals surface area contributed by atoms with Crippen LogP contribution in [0.25, 0.3) is 11.3 Å². The maximum Gasteiger partial charge on any atom is 0.155 e. The lowest BCUT2D eigenvalue weighted by molar-refractivity contribution is 0.112. The van der Waals surface area contributed by atoms with Gasteiger partial charge in [-0.1, -0.05) is 29.4 Å². The molecule has 3 rings (SSSR count).